The largest absolute Gasteiger partial charge is 0.396 e. The minimum absolute atomic E-state index is 0.0243. The van der Waals surface area contributed by atoms with Gasteiger partial charge < -0.3 is 15.0 Å². The van der Waals surface area contributed by atoms with Gasteiger partial charge in [-0.1, -0.05) is 19.1 Å². The maximum absolute atomic E-state index is 12.3. The van der Waals surface area contributed by atoms with Gasteiger partial charge in [0, 0.05) is 12.6 Å². The number of para-hydroxylation sites is 2. The number of fused-ring (bicyclic) bond motifs is 1. The van der Waals surface area contributed by atoms with Gasteiger partial charge in [0.15, 0.2) is 0 Å². The Morgan fingerprint density at radius 2 is 2.23 bits per heavy atom. The Balaban J connectivity index is 2.18. The van der Waals surface area contributed by atoms with Gasteiger partial charge in [-0.05, 0) is 31.2 Å². The molecule has 120 valence electrons. The molecule has 2 rings (SSSR count). The van der Waals surface area contributed by atoms with Crippen molar-refractivity contribution in [3.63, 3.8) is 0 Å². The SMILES string of the molecule is CCC(CCO)NC(=O)Cn1c(CSC)nc2ccccc21. The fraction of sp³-hybridized carbons (Fsp3) is 0.500. The zero-order valence-electron chi connectivity index (χ0n) is 13.1. The summed E-state index contributed by atoms with van der Waals surface area (Å²) in [5.41, 5.74) is 1.90. The number of benzene rings is 1. The summed E-state index contributed by atoms with van der Waals surface area (Å²) in [6, 6.07) is 7.90. The fourth-order valence-electron chi connectivity index (χ4n) is 2.49. The maximum Gasteiger partial charge on any atom is 0.240 e. The van der Waals surface area contributed by atoms with Gasteiger partial charge in [0.1, 0.15) is 12.4 Å². The molecular weight excluding hydrogens is 298 g/mol. The third-order valence-electron chi connectivity index (χ3n) is 3.64. The van der Waals surface area contributed by atoms with E-state index in [9.17, 15) is 4.79 Å². The number of carbonyl (C=O) groups excluding carboxylic acids is 1. The maximum atomic E-state index is 12.3. The smallest absolute Gasteiger partial charge is 0.240 e. The van der Waals surface area contributed by atoms with Gasteiger partial charge in [-0.2, -0.15) is 11.8 Å². The summed E-state index contributed by atoms with van der Waals surface area (Å²) in [7, 11) is 0. The fourth-order valence-corrected chi connectivity index (χ4v) is 2.97. The number of aliphatic hydroxyl groups is 1. The van der Waals surface area contributed by atoms with Crippen LogP contribution in [0, 0.1) is 0 Å². The average molecular weight is 321 g/mol. The van der Waals surface area contributed by atoms with Gasteiger partial charge >= 0.3 is 0 Å². The van der Waals surface area contributed by atoms with Gasteiger partial charge in [-0.15, -0.1) is 0 Å². The molecule has 0 aliphatic rings. The van der Waals surface area contributed by atoms with Gasteiger partial charge in [0.2, 0.25) is 5.91 Å². The second kappa shape index (κ2) is 8.19. The van der Waals surface area contributed by atoms with E-state index >= 15 is 0 Å². The highest BCUT2D eigenvalue weighted by Gasteiger charge is 2.15. The van der Waals surface area contributed by atoms with Crippen LogP contribution in [0.5, 0.6) is 0 Å². The molecule has 0 spiro atoms. The highest BCUT2D eigenvalue weighted by atomic mass is 32.2. The molecule has 0 fully saturated rings. The number of rotatable bonds is 8. The van der Waals surface area contributed by atoms with Crippen LogP contribution in [0.4, 0.5) is 0 Å². The Kier molecular flexibility index (Phi) is 6.27. The molecule has 6 heteroatoms. The Morgan fingerprint density at radius 3 is 2.91 bits per heavy atom. The van der Waals surface area contributed by atoms with Crippen LogP contribution in [-0.4, -0.2) is 39.5 Å². The molecule has 0 aliphatic carbocycles. The summed E-state index contributed by atoms with van der Waals surface area (Å²) in [6.07, 6.45) is 3.43. The highest BCUT2D eigenvalue weighted by molar-refractivity contribution is 7.97. The van der Waals surface area contributed by atoms with E-state index in [4.69, 9.17) is 5.11 Å². The standard InChI is InChI=1S/C16H23N3O2S/c1-3-12(8-9-20)17-16(21)10-19-14-7-5-4-6-13(14)18-15(19)11-22-2/h4-7,12,20H,3,8-11H2,1-2H3,(H,17,21). The lowest BCUT2D eigenvalue weighted by molar-refractivity contribution is -0.122. The van der Waals surface area contributed by atoms with Crippen molar-refractivity contribution < 1.29 is 9.90 Å². The number of hydrogen-bond donors (Lipinski definition) is 2. The van der Waals surface area contributed by atoms with E-state index in [1.165, 1.54) is 0 Å². The Hall–Kier alpha value is -1.53. The highest BCUT2D eigenvalue weighted by Crippen LogP contribution is 2.18. The Morgan fingerprint density at radius 1 is 1.45 bits per heavy atom. The number of thioether (sulfide) groups is 1. The zero-order chi connectivity index (χ0) is 15.9. The normalized spacial score (nSPS) is 12.5. The third-order valence-corrected chi connectivity index (χ3v) is 4.19. The third kappa shape index (κ3) is 4.01. The number of carbonyl (C=O) groups is 1. The minimum Gasteiger partial charge on any atom is -0.396 e. The molecule has 1 aromatic heterocycles. The molecule has 0 saturated carbocycles. The van der Waals surface area contributed by atoms with E-state index in [2.05, 4.69) is 10.3 Å². The number of nitrogens with one attached hydrogen (secondary N) is 1. The predicted molar refractivity (Wildman–Crippen MR) is 90.9 cm³/mol. The molecule has 0 radical (unpaired) electrons. The van der Waals surface area contributed by atoms with Crippen molar-refractivity contribution in [1.82, 2.24) is 14.9 Å². The van der Waals surface area contributed by atoms with Crippen LogP contribution in [0.25, 0.3) is 11.0 Å². The summed E-state index contributed by atoms with van der Waals surface area (Å²) in [6.45, 7) is 2.36. The number of aromatic nitrogens is 2. The molecule has 1 aromatic carbocycles. The first-order valence-corrected chi connectivity index (χ1v) is 8.92. The summed E-state index contributed by atoms with van der Waals surface area (Å²) in [4.78, 5) is 16.9. The molecule has 2 aromatic rings. The van der Waals surface area contributed by atoms with Crippen LogP contribution in [-0.2, 0) is 17.1 Å². The van der Waals surface area contributed by atoms with Crippen LogP contribution in [0.1, 0.15) is 25.6 Å². The molecule has 1 amide bonds. The van der Waals surface area contributed by atoms with Crippen LogP contribution < -0.4 is 5.32 Å². The molecule has 0 aliphatic heterocycles. The number of hydrogen-bond acceptors (Lipinski definition) is 4. The molecule has 5 nitrogen and oxygen atoms in total. The predicted octanol–water partition coefficient (Wildman–Crippen LogP) is 2.18. The number of amides is 1. The zero-order valence-corrected chi connectivity index (χ0v) is 13.9. The van der Waals surface area contributed by atoms with Crippen molar-refractivity contribution in [3.05, 3.63) is 30.1 Å². The second-order valence-electron chi connectivity index (χ2n) is 5.22. The van der Waals surface area contributed by atoms with Crippen molar-refractivity contribution in [2.45, 2.75) is 38.1 Å². The van der Waals surface area contributed by atoms with Crippen LogP contribution in [0.15, 0.2) is 24.3 Å². The lowest BCUT2D eigenvalue weighted by atomic mass is 10.1. The van der Waals surface area contributed by atoms with Crippen molar-refractivity contribution in [2.75, 3.05) is 12.9 Å². The molecular formula is C16H23N3O2S. The molecule has 1 unspecified atom stereocenters. The lowest BCUT2D eigenvalue weighted by Crippen LogP contribution is -2.37. The van der Waals surface area contributed by atoms with E-state index in [1.807, 2.05) is 42.0 Å². The quantitative estimate of drug-likeness (QED) is 0.782. The molecule has 1 heterocycles. The van der Waals surface area contributed by atoms with E-state index in [1.54, 1.807) is 11.8 Å². The van der Waals surface area contributed by atoms with Gasteiger partial charge in [-0.25, -0.2) is 4.98 Å². The molecule has 0 saturated heterocycles. The van der Waals surface area contributed by atoms with Crippen molar-refractivity contribution in [3.8, 4) is 0 Å². The topological polar surface area (TPSA) is 67.2 Å². The monoisotopic (exact) mass is 321 g/mol. The molecule has 0 bridgehead atoms. The van der Waals surface area contributed by atoms with Crippen molar-refractivity contribution in [2.24, 2.45) is 0 Å². The molecule has 1 atom stereocenters. The minimum atomic E-state index is -0.0363. The molecule has 22 heavy (non-hydrogen) atoms. The van der Waals surface area contributed by atoms with Crippen molar-refractivity contribution >= 4 is 28.7 Å². The first-order chi connectivity index (χ1) is 10.7. The van der Waals surface area contributed by atoms with E-state index in [0.717, 1.165) is 29.0 Å². The van der Waals surface area contributed by atoms with Crippen LogP contribution in [0.2, 0.25) is 0 Å². The van der Waals surface area contributed by atoms with Gasteiger partial charge in [-0.3, -0.25) is 4.79 Å². The first kappa shape index (κ1) is 16.8. The first-order valence-electron chi connectivity index (χ1n) is 7.52. The molecule has 2 N–H and O–H groups in total. The van der Waals surface area contributed by atoms with Crippen molar-refractivity contribution in [1.29, 1.82) is 0 Å². The summed E-state index contributed by atoms with van der Waals surface area (Å²) < 4.78 is 1.98. The van der Waals surface area contributed by atoms with Crippen LogP contribution >= 0.6 is 11.8 Å². The second-order valence-corrected chi connectivity index (χ2v) is 6.09. The summed E-state index contributed by atoms with van der Waals surface area (Å²) in [5.74, 6) is 1.65. The average Bonchev–Trinajstić information content (AvgIpc) is 2.85. The summed E-state index contributed by atoms with van der Waals surface area (Å²) in [5, 5.41) is 12.0. The van der Waals surface area contributed by atoms with E-state index in [0.29, 0.717) is 6.42 Å². The summed E-state index contributed by atoms with van der Waals surface area (Å²) >= 11 is 1.69. The van der Waals surface area contributed by atoms with Gasteiger partial charge in [0.25, 0.3) is 0 Å². The Labute approximate surface area is 135 Å². The van der Waals surface area contributed by atoms with Gasteiger partial charge in [0.05, 0.1) is 16.8 Å². The van der Waals surface area contributed by atoms with E-state index in [-0.39, 0.29) is 25.1 Å². The number of imidazole rings is 1. The van der Waals surface area contributed by atoms with E-state index < -0.39 is 0 Å². The number of nitrogens with zero attached hydrogens (tertiary/aromatic N) is 2. The number of aliphatic hydroxyl groups excluding tert-OH is 1. The Bertz CT molecular complexity index is 627. The lowest BCUT2D eigenvalue weighted by Gasteiger charge is -2.16. The van der Waals surface area contributed by atoms with Crippen LogP contribution in [0.3, 0.4) is 0 Å².